The second-order valence-electron chi connectivity index (χ2n) is 30.7. The average molecular weight is 1480 g/mol. The number of unbranched alkanes of at least 4 members (excludes halogenated alkanes) is 47. The zero-order valence-electron chi connectivity index (χ0n) is 66.4. The zero-order chi connectivity index (χ0) is 74.4. The van der Waals surface area contributed by atoms with Gasteiger partial charge in [0.1, 0.15) is 19.3 Å². The molecule has 17 nitrogen and oxygen atoms in total. The fourth-order valence-corrected chi connectivity index (χ4v) is 14.2. The molecule has 6 atom stereocenters. The predicted octanol–water partition coefficient (Wildman–Crippen LogP) is 24.5. The molecule has 600 valence electrons. The molecular weight excluding hydrogens is 1320 g/mol. The summed E-state index contributed by atoms with van der Waals surface area (Å²) in [5.41, 5.74) is 0. The number of phosphoric ester groups is 2. The average Bonchev–Trinajstić information content (AvgIpc) is 0.942. The minimum absolute atomic E-state index is 0.108. The molecule has 0 aliphatic rings. The molecule has 0 aromatic carbocycles. The summed E-state index contributed by atoms with van der Waals surface area (Å²) in [5.74, 6) is 0.261. The Morgan fingerprint density at radius 1 is 0.287 bits per heavy atom. The maximum atomic E-state index is 13.1. The van der Waals surface area contributed by atoms with E-state index in [1.54, 1.807) is 0 Å². The number of hydrogen-bond donors (Lipinski definition) is 3. The van der Waals surface area contributed by atoms with Gasteiger partial charge >= 0.3 is 39.5 Å². The first-order valence-corrected chi connectivity index (χ1v) is 45.4. The SMILES string of the molecule is CCCCCCCCCCCCCCCCCC(=O)O[C@H](COC(=O)CCCCCCCCCCC(C)CC)COP(=O)(O)OC[C@H](O)COP(=O)(O)OC[C@@H](COC(=O)CCCCCCCCCCCCCCC(C)C)OC(=O)CCCCCCCCCCCCCCCCCCC(C)C. The Bertz CT molecular complexity index is 1960. The van der Waals surface area contributed by atoms with Crippen molar-refractivity contribution in [3.63, 3.8) is 0 Å². The second kappa shape index (κ2) is 72.3. The molecule has 0 aromatic rings. The highest BCUT2D eigenvalue weighted by Crippen LogP contribution is 2.45. The Labute approximate surface area is 619 Å². The lowest BCUT2D eigenvalue weighted by Crippen LogP contribution is -2.30. The minimum Gasteiger partial charge on any atom is -0.462 e. The van der Waals surface area contributed by atoms with Gasteiger partial charge in [-0.25, -0.2) is 9.13 Å². The predicted molar refractivity (Wildman–Crippen MR) is 414 cm³/mol. The Morgan fingerprint density at radius 2 is 0.505 bits per heavy atom. The van der Waals surface area contributed by atoms with Gasteiger partial charge in [-0.1, -0.05) is 376 Å². The van der Waals surface area contributed by atoms with Crippen molar-refractivity contribution in [1.29, 1.82) is 0 Å². The molecule has 0 radical (unpaired) electrons. The van der Waals surface area contributed by atoms with Crippen LogP contribution in [-0.4, -0.2) is 96.7 Å². The van der Waals surface area contributed by atoms with E-state index in [2.05, 4.69) is 48.5 Å². The number of phosphoric acid groups is 2. The summed E-state index contributed by atoms with van der Waals surface area (Å²) in [6, 6.07) is 0. The van der Waals surface area contributed by atoms with Crippen LogP contribution in [0.2, 0.25) is 0 Å². The standard InChI is InChI=1S/C82H160O17P2/c1-8-10-11-12-13-14-15-16-19-23-30-35-44-51-58-65-82(87)99-78(70-93-80(85)64-57-50-43-38-37-41-48-55-62-75(7)9-2)72-97-101(90,91)95-68-76(83)67-94-100(88,89)96-71-77(69-92-79(84)63-56-49-42-34-29-26-25-28-33-40-47-54-61-74(5)6)98-81(86)66-59-52-45-36-31-24-21-18-17-20-22-27-32-39-46-53-60-73(3)4/h73-78,83H,8-72H2,1-7H3,(H,88,89)(H,90,91)/t75?,76-,77-,78-/m1/s1. The molecule has 3 unspecified atom stereocenters. The van der Waals surface area contributed by atoms with E-state index >= 15 is 0 Å². The highest BCUT2D eigenvalue weighted by Gasteiger charge is 2.30. The number of aliphatic hydroxyl groups is 1. The van der Waals surface area contributed by atoms with Crippen molar-refractivity contribution in [3.05, 3.63) is 0 Å². The number of ether oxygens (including phenoxy) is 4. The molecular formula is C82H160O17P2. The van der Waals surface area contributed by atoms with Crippen LogP contribution in [0.5, 0.6) is 0 Å². The maximum Gasteiger partial charge on any atom is 0.472 e. The Morgan fingerprint density at radius 3 is 0.752 bits per heavy atom. The molecule has 0 spiro atoms. The van der Waals surface area contributed by atoms with Gasteiger partial charge in [0.05, 0.1) is 26.4 Å². The van der Waals surface area contributed by atoms with Crippen molar-refractivity contribution in [1.82, 2.24) is 0 Å². The van der Waals surface area contributed by atoms with E-state index in [0.717, 1.165) is 108 Å². The summed E-state index contributed by atoms with van der Waals surface area (Å²) in [5, 5.41) is 10.7. The van der Waals surface area contributed by atoms with Gasteiger partial charge in [-0.05, 0) is 43.4 Å². The van der Waals surface area contributed by atoms with Crippen molar-refractivity contribution in [2.24, 2.45) is 17.8 Å². The lowest BCUT2D eigenvalue weighted by Gasteiger charge is -2.21. The summed E-state index contributed by atoms with van der Waals surface area (Å²) >= 11 is 0. The van der Waals surface area contributed by atoms with Crippen molar-refractivity contribution in [2.45, 2.75) is 446 Å². The van der Waals surface area contributed by atoms with Crippen molar-refractivity contribution < 1.29 is 80.2 Å². The van der Waals surface area contributed by atoms with E-state index in [1.165, 1.54) is 238 Å². The van der Waals surface area contributed by atoms with Gasteiger partial charge in [0.25, 0.3) is 0 Å². The van der Waals surface area contributed by atoms with Gasteiger partial charge in [0.15, 0.2) is 12.2 Å². The lowest BCUT2D eigenvalue weighted by molar-refractivity contribution is -0.161. The minimum atomic E-state index is -4.96. The van der Waals surface area contributed by atoms with Crippen LogP contribution in [0, 0.1) is 17.8 Å². The first-order valence-electron chi connectivity index (χ1n) is 42.4. The smallest absolute Gasteiger partial charge is 0.462 e. The van der Waals surface area contributed by atoms with Crippen molar-refractivity contribution in [2.75, 3.05) is 39.6 Å². The number of rotatable bonds is 80. The normalized spacial score (nSPS) is 14.2. The molecule has 0 bridgehead atoms. The number of carbonyl (C=O) groups is 4. The summed E-state index contributed by atoms with van der Waals surface area (Å²) in [7, 11) is -9.92. The maximum absolute atomic E-state index is 13.1. The molecule has 0 aliphatic carbocycles. The van der Waals surface area contributed by atoms with Gasteiger partial charge in [-0.2, -0.15) is 0 Å². The molecule has 0 amide bonds. The van der Waals surface area contributed by atoms with Crippen LogP contribution >= 0.6 is 15.6 Å². The Balaban J connectivity index is 5.27. The molecule has 3 N–H and O–H groups in total. The molecule has 0 saturated heterocycles. The van der Waals surface area contributed by atoms with Crippen molar-refractivity contribution in [3.8, 4) is 0 Å². The highest BCUT2D eigenvalue weighted by atomic mass is 31.2. The topological polar surface area (TPSA) is 237 Å². The third-order valence-corrected chi connectivity index (χ3v) is 21.4. The molecule has 0 fully saturated rings. The Kier molecular flexibility index (Phi) is 70.9. The first kappa shape index (κ1) is 99.1. The first-order chi connectivity index (χ1) is 48.8. The van der Waals surface area contributed by atoms with Crippen LogP contribution < -0.4 is 0 Å². The van der Waals surface area contributed by atoms with Crippen LogP contribution in [-0.2, 0) is 65.4 Å². The van der Waals surface area contributed by atoms with E-state index in [-0.39, 0.29) is 25.7 Å². The fraction of sp³-hybridized carbons (Fsp3) is 0.951. The van der Waals surface area contributed by atoms with Crippen LogP contribution in [0.15, 0.2) is 0 Å². The molecule has 0 saturated carbocycles. The van der Waals surface area contributed by atoms with Gasteiger partial charge in [0, 0.05) is 25.7 Å². The quantitative estimate of drug-likeness (QED) is 0.0222. The van der Waals surface area contributed by atoms with Crippen molar-refractivity contribution >= 4 is 39.5 Å². The van der Waals surface area contributed by atoms with E-state index in [4.69, 9.17) is 37.0 Å². The molecule has 19 heteroatoms. The molecule has 0 heterocycles. The Hall–Kier alpha value is -1.94. The molecule has 0 aromatic heterocycles. The van der Waals surface area contributed by atoms with E-state index in [1.807, 2.05) is 0 Å². The zero-order valence-corrected chi connectivity index (χ0v) is 68.2. The number of aliphatic hydroxyl groups excluding tert-OH is 1. The van der Waals surface area contributed by atoms with E-state index in [0.29, 0.717) is 25.7 Å². The van der Waals surface area contributed by atoms with Crippen LogP contribution in [0.25, 0.3) is 0 Å². The van der Waals surface area contributed by atoms with Gasteiger partial charge in [-0.3, -0.25) is 37.3 Å². The lowest BCUT2D eigenvalue weighted by atomic mass is 9.99. The summed E-state index contributed by atoms with van der Waals surface area (Å²) in [6.07, 6.45) is 60.9. The number of esters is 4. The van der Waals surface area contributed by atoms with Crippen LogP contribution in [0.4, 0.5) is 0 Å². The third-order valence-electron chi connectivity index (χ3n) is 19.5. The van der Waals surface area contributed by atoms with E-state index in [9.17, 15) is 43.2 Å². The molecule has 0 rings (SSSR count). The summed E-state index contributed by atoms with van der Waals surface area (Å²) in [6.45, 7) is 12.0. The van der Waals surface area contributed by atoms with E-state index < -0.39 is 97.5 Å². The van der Waals surface area contributed by atoms with Crippen LogP contribution in [0.1, 0.15) is 427 Å². The number of hydrogen-bond acceptors (Lipinski definition) is 15. The van der Waals surface area contributed by atoms with Crippen LogP contribution in [0.3, 0.4) is 0 Å². The van der Waals surface area contributed by atoms with Gasteiger partial charge in [-0.15, -0.1) is 0 Å². The third kappa shape index (κ3) is 74.7. The summed E-state index contributed by atoms with van der Waals surface area (Å²) < 4.78 is 68.8. The fourth-order valence-electron chi connectivity index (χ4n) is 12.6. The monoisotopic (exact) mass is 1480 g/mol. The second-order valence-corrected chi connectivity index (χ2v) is 33.6. The molecule has 0 aliphatic heterocycles. The largest absolute Gasteiger partial charge is 0.472 e. The molecule has 101 heavy (non-hydrogen) atoms. The highest BCUT2D eigenvalue weighted by molar-refractivity contribution is 7.47. The number of carbonyl (C=O) groups excluding carboxylic acids is 4. The van der Waals surface area contributed by atoms with Gasteiger partial charge < -0.3 is 33.8 Å². The van der Waals surface area contributed by atoms with Gasteiger partial charge in [0.2, 0.25) is 0 Å². The summed E-state index contributed by atoms with van der Waals surface area (Å²) in [4.78, 5) is 73.1.